The van der Waals surface area contributed by atoms with Crippen LogP contribution in [0.1, 0.15) is 11.1 Å². The summed E-state index contributed by atoms with van der Waals surface area (Å²) in [6.45, 7) is 0.0114. The largest absolute Gasteiger partial charge is 0.399 e. The third-order valence-electron chi connectivity index (χ3n) is 1.96. The number of nitrogens with two attached hydrogens (primary N) is 1. The highest BCUT2D eigenvalue weighted by Crippen LogP contribution is 2.60. The van der Waals surface area contributed by atoms with Crippen LogP contribution in [0.4, 0.5) is 8.78 Å². The number of hydrogen-bond acceptors (Lipinski definition) is 2. The van der Waals surface area contributed by atoms with Gasteiger partial charge in [-0.15, -0.1) is 0 Å². The molecule has 0 saturated heterocycles. The second-order valence-corrected chi connectivity index (χ2v) is 5.61. The van der Waals surface area contributed by atoms with E-state index in [1.54, 1.807) is 0 Å². The zero-order chi connectivity index (χ0) is 12.6. The van der Waals surface area contributed by atoms with Crippen LogP contribution in [-0.4, -0.2) is 9.79 Å². The maximum atomic E-state index is 13.4. The molecule has 0 atom stereocenters. The summed E-state index contributed by atoms with van der Waals surface area (Å²) in [7, 11) is -5.55. The second-order valence-electron chi connectivity index (χ2n) is 3.10. The van der Waals surface area contributed by atoms with E-state index in [0.717, 1.165) is 6.07 Å². The molecule has 0 bridgehead atoms. The van der Waals surface area contributed by atoms with Crippen molar-refractivity contribution in [2.24, 2.45) is 5.73 Å². The molecule has 90 valence electrons. The Morgan fingerprint density at radius 2 is 2.00 bits per heavy atom. The molecule has 16 heavy (non-hydrogen) atoms. The molecule has 0 aliphatic heterocycles. The lowest BCUT2D eigenvalue weighted by molar-refractivity contribution is 0.0556. The van der Waals surface area contributed by atoms with Crippen molar-refractivity contribution in [3.05, 3.63) is 33.8 Å². The van der Waals surface area contributed by atoms with Crippen LogP contribution < -0.4 is 5.73 Å². The first-order chi connectivity index (χ1) is 7.20. The molecule has 0 amide bonds. The van der Waals surface area contributed by atoms with Gasteiger partial charge in [-0.2, -0.15) is 8.78 Å². The van der Waals surface area contributed by atoms with Crippen molar-refractivity contribution in [1.29, 1.82) is 0 Å². The number of rotatable bonds is 3. The third-order valence-corrected chi connectivity index (χ3v) is 3.62. The summed E-state index contributed by atoms with van der Waals surface area (Å²) in [5.41, 5.74) is 0.648. The van der Waals surface area contributed by atoms with E-state index < -0.39 is 18.8 Å². The summed E-state index contributed by atoms with van der Waals surface area (Å²) in [4.78, 5) is 17.2. The molecule has 0 saturated carbocycles. The van der Waals surface area contributed by atoms with Gasteiger partial charge in [-0.3, -0.25) is 4.57 Å². The van der Waals surface area contributed by atoms with Gasteiger partial charge < -0.3 is 15.5 Å². The van der Waals surface area contributed by atoms with E-state index in [1.165, 1.54) is 12.1 Å². The zero-order valence-electron chi connectivity index (χ0n) is 7.90. The molecule has 0 aromatic heterocycles. The quantitative estimate of drug-likeness (QED) is 0.746. The lowest BCUT2D eigenvalue weighted by Gasteiger charge is -2.19. The molecule has 0 aliphatic rings. The standard InChI is InChI=1S/C8H9BrF2NO3P/c9-7-2-1-5(4-12)3-6(7)8(10,11)16(13,14)15/h1-3H,4,12H2,(H2,13,14,15). The van der Waals surface area contributed by atoms with Crippen LogP contribution in [0.2, 0.25) is 0 Å². The Balaban J connectivity index is 3.37. The molecular weight excluding hydrogens is 307 g/mol. The van der Waals surface area contributed by atoms with Crippen LogP contribution >= 0.6 is 23.5 Å². The number of hydrogen-bond donors (Lipinski definition) is 3. The van der Waals surface area contributed by atoms with Crippen LogP contribution in [0.5, 0.6) is 0 Å². The molecule has 0 fully saturated rings. The van der Waals surface area contributed by atoms with Gasteiger partial charge in [0.2, 0.25) is 0 Å². The Labute approximate surface area is 98.8 Å². The fourth-order valence-electron chi connectivity index (χ4n) is 1.09. The number of alkyl halides is 2. The smallest absolute Gasteiger partial charge is 0.326 e. The van der Waals surface area contributed by atoms with Crippen LogP contribution in [-0.2, 0) is 16.8 Å². The minimum Gasteiger partial charge on any atom is -0.326 e. The molecule has 1 aromatic rings. The van der Waals surface area contributed by atoms with E-state index >= 15 is 0 Å². The average molecular weight is 316 g/mol. The van der Waals surface area contributed by atoms with E-state index in [4.69, 9.17) is 15.5 Å². The maximum absolute atomic E-state index is 13.4. The monoisotopic (exact) mass is 315 g/mol. The van der Waals surface area contributed by atoms with Gasteiger partial charge in [0.25, 0.3) is 0 Å². The molecule has 4 nitrogen and oxygen atoms in total. The van der Waals surface area contributed by atoms with Crippen LogP contribution in [0.25, 0.3) is 0 Å². The van der Waals surface area contributed by atoms with Gasteiger partial charge in [0, 0.05) is 16.6 Å². The maximum Gasteiger partial charge on any atom is 0.399 e. The molecule has 1 rings (SSSR count). The van der Waals surface area contributed by atoms with Gasteiger partial charge in [-0.05, 0) is 17.7 Å². The van der Waals surface area contributed by atoms with E-state index in [-0.39, 0.29) is 11.0 Å². The lowest BCUT2D eigenvalue weighted by atomic mass is 10.1. The normalized spacial score (nSPS) is 12.9. The van der Waals surface area contributed by atoms with Gasteiger partial charge in [-0.25, -0.2) is 0 Å². The van der Waals surface area contributed by atoms with E-state index in [2.05, 4.69) is 15.9 Å². The Kier molecular flexibility index (Phi) is 3.87. The molecule has 1 aromatic carbocycles. The highest BCUT2D eigenvalue weighted by molar-refractivity contribution is 9.10. The zero-order valence-corrected chi connectivity index (χ0v) is 10.4. The summed E-state index contributed by atoms with van der Waals surface area (Å²) in [6, 6.07) is 3.74. The highest BCUT2D eigenvalue weighted by Gasteiger charge is 2.51. The minimum absolute atomic E-state index is 0.0114. The van der Waals surface area contributed by atoms with Gasteiger partial charge in [0.15, 0.2) is 0 Å². The van der Waals surface area contributed by atoms with E-state index in [1.807, 2.05) is 0 Å². The second kappa shape index (κ2) is 4.50. The Morgan fingerprint density at radius 3 is 2.44 bits per heavy atom. The third kappa shape index (κ3) is 2.49. The lowest BCUT2D eigenvalue weighted by Crippen LogP contribution is -2.15. The molecule has 8 heteroatoms. The van der Waals surface area contributed by atoms with Crippen LogP contribution in [0, 0.1) is 0 Å². The van der Waals surface area contributed by atoms with Crippen LogP contribution in [0.3, 0.4) is 0 Å². The van der Waals surface area contributed by atoms with Crippen molar-refractivity contribution in [2.45, 2.75) is 12.2 Å². The molecular formula is C8H9BrF2NO3P. The van der Waals surface area contributed by atoms with Crippen molar-refractivity contribution >= 4 is 23.5 Å². The van der Waals surface area contributed by atoms with Crippen molar-refractivity contribution in [1.82, 2.24) is 0 Å². The fraction of sp³-hybridized carbons (Fsp3) is 0.250. The molecule has 0 radical (unpaired) electrons. The van der Waals surface area contributed by atoms with Crippen molar-refractivity contribution in [3.8, 4) is 0 Å². The summed E-state index contributed by atoms with van der Waals surface area (Å²) in [5, 5.41) is 0. The molecule has 4 N–H and O–H groups in total. The van der Waals surface area contributed by atoms with Gasteiger partial charge in [0.05, 0.1) is 0 Å². The topological polar surface area (TPSA) is 83.6 Å². The number of benzene rings is 1. The SMILES string of the molecule is NCc1ccc(Br)c(C(F)(F)P(=O)(O)O)c1. The van der Waals surface area contributed by atoms with Crippen LogP contribution in [0.15, 0.2) is 22.7 Å². The van der Waals surface area contributed by atoms with Gasteiger partial charge in [-0.1, -0.05) is 22.0 Å². The highest BCUT2D eigenvalue weighted by atomic mass is 79.9. The molecule has 0 unspecified atom stereocenters. The average Bonchev–Trinajstić information content (AvgIpc) is 2.16. The summed E-state index contributed by atoms with van der Waals surface area (Å²) >= 11 is 2.82. The Morgan fingerprint density at radius 1 is 1.44 bits per heavy atom. The first-order valence-corrected chi connectivity index (χ1v) is 6.53. The van der Waals surface area contributed by atoms with Gasteiger partial charge >= 0.3 is 13.3 Å². The predicted molar refractivity (Wildman–Crippen MR) is 58.0 cm³/mol. The molecule has 0 aliphatic carbocycles. The van der Waals surface area contributed by atoms with E-state index in [0.29, 0.717) is 5.56 Å². The summed E-state index contributed by atoms with van der Waals surface area (Å²) in [5.74, 6) is 0. The molecule has 0 spiro atoms. The van der Waals surface area contributed by atoms with Crippen molar-refractivity contribution in [3.63, 3.8) is 0 Å². The van der Waals surface area contributed by atoms with E-state index in [9.17, 15) is 13.3 Å². The molecule has 0 heterocycles. The Hall–Kier alpha value is -0.330. The number of halogens is 3. The minimum atomic E-state index is -5.55. The first-order valence-electron chi connectivity index (χ1n) is 4.12. The summed E-state index contributed by atoms with van der Waals surface area (Å²) in [6.07, 6.45) is 0. The summed E-state index contributed by atoms with van der Waals surface area (Å²) < 4.78 is 37.4. The van der Waals surface area contributed by atoms with Crippen molar-refractivity contribution in [2.75, 3.05) is 0 Å². The fourth-order valence-corrected chi connectivity index (χ4v) is 2.23. The van der Waals surface area contributed by atoms with Gasteiger partial charge in [0.1, 0.15) is 0 Å². The predicted octanol–water partition coefficient (Wildman–Crippen LogP) is 2.13. The first kappa shape index (κ1) is 13.7. The Bertz CT molecular complexity index is 449. The van der Waals surface area contributed by atoms with Crippen molar-refractivity contribution < 1.29 is 23.1 Å².